The van der Waals surface area contributed by atoms with Crippen LogP contribution < -0.4 is 9.47 Å². The highest BCUT2D eigenvalue weighted by Gasteiger charge is 2.42. The molecule has 4 rings (SSSR count). The van der Waals surface area contributed by atoms with Crippen LogP contribution in [-0.4, -0.2) is 34.8 Å². The van der Waals surface area contributed by atoms with Gasteiger partial charge in [-0.05, 0) is 57.2 Å². The number of thiocarbonyl (C=S) groups is 1. The Labute approximate surface area is 240 Å². The summed E-state index contributed by atoms with van der Waals surface area (Å²) in [4.78, 5) is 28.3. The molecule has 0 spiro atoms. The average Bonchev–Trinajstić information content (AvgIpc) is 3.20. The number of amides is 1. The van der Waals surface area contributed by atoms with E-state index in [0.29, 0.717) is 45.0 Å². The first kappa shape index (κ1) is 27.9. The van der Waals surface area contributed by atoms with Crippen LogP contribution in [0.1, 0.15) is 36.1 Å². The number of hydrogen-bond donors (Lipinski definition) is 0. The standard InChI is InChI=1S/C29H26BrNO5S2/c1-3-14-35-28(33)25(21-12-8-5-9-13-21)31-27(32)24(38-29(31)37)17-20-15-22(30)26(23(16-20)34-2)36-18-19-10-6-4-7-11-19/h4-13,15-17,25H,3,14,18H2,1-2H3/b24-17-. The Hall–Kier alpha value is -3.14. The van der Waals surface area contributed by atoms with Gasteiger partial charge in [0.2, 0.25) is 0 Å². The lowest BCUT2D eigenvalue weighted by molar-refractivity contribution is -0.151. The molecule has 9 heteroatoms. The second-order valence-electron chi connectivity index (χ2n) is 8.34. The Kier molecular flexibility index (Phi) is 9.60. The van der Waals surface area contributed by atoms with Gasteiger partial charge in [-0.1, -0.05) is 91.6 Å². The van der Waals surface area contributed by atoms with Crippen molar-refractivity contribution in [1.82, 2.24) is 4.90 Å². The fraction of sp³-hybridized carbons (Fsp3) is 0.207. The molecule has 3 aromatic rings. The largest absolute Gasteiger partial charge is 0.493 e. The molecular formula is C29H26BrNO5S2. The lowest BCUT2D eigenvalue weighted by atomic mass is 10.1. The summed E-state index contributed by atoms with van der Waals surface area (Å²) in [6.45, 7) is 2.56. The lowest BCUT2D eigenvalue weighted by Gasteiger charge is -2.25. The van der Waals surface area contributed by atoms with Gasteiger partial charge in [0.05, 0.1) is 23.1 Å². The van der Waals surface area contributed by atoms with Gasteiger partial charge in [-0.3, -0.25) is 9.69 Å². The average molecular weight is 613 g/mol. The van der Waals surface area contributed by atoms with Crippen LogP contribution in [0.4, 0.5) is 0 Å². The molecule has 1 fully saturated rings. The monoisotopic (exact) mass is 611 g/mol. The lowest BCUT2D eigenvalue weighted by Crippen LogP contribution is -2.38. The zero-order chi connectivity index (χ0) is 27.1. The minimum Gasteiger partial charge on any atom is -0.493 e. The summed E-state index contributed by atoms with van der Waals surface area (Å²) in [5.41, 5.74) is 2.38. The van der Waals surface area contributed by atoms with Crippen LogP contribution >= 0.6 is 39.9 Å². The van der Waals surface area contributed by atoms with Gasteiger partial charge in [0.25, 0.3) is 5.91 Å². The molecule has 1 saturated heterocycles. The number of halogens is 1. The maximum absolute atomic E-state index is 13.6. The van der Waals surface area contributed by atoms with Crippen molar-refractivity contribution in [2.75, 3.05) is 13.7 Å². The van der Waals surface area contributed by atoms with E-state index >= 15 is 0 Å². The van der Waals surface area contributed by atoms with Crippen LogP contribution in [0.3, 0.4) is 0 Å². The molecule has 3 aromatic carbocycles. The second kappa shape index (κ2) is 13.1. The van der Waals surface area contributed by atoms with Crippen LogP contribution in [0.5, 0.6) is 11.5 Å². The SMILES string of the molecule is CCCOC(=O)C(c1ccccc1)N1C(=O)/C(=C/c2cc(Br)c(OCc3ccccc3)c(OC)c2)SC1=S. The third-order valence-corrected chi connectivity index (χ3v) is 7.56. The number of benzene rings is 3. The number of ether oxygens (including phenoxy) is 3. The number of methoxy groups -OCH3 is 1. The first-order chi connectivity index (χ1) is 18.4. The van der Waals surface area contributed by atoms with Gasteiger partial charge in [-0.15, -0.1) is 0 Å². The quantitative estimate of drug-likeness (QED) is 0.140. The molecule has 0 aliphatic carbocycles. The van der Waals surface area contributed by atoms with Crippen molar-refractivity contribution < 1.29 is 23.8 Å². The van der Waals surface area contributed by atoms with E-state index in [-0.39, 0.29) is 16.8 Å². The smallest absolute Gasteiger partial charge is 0.333 e. The number of carbonyl (C=O) groups excluding carboxylic acids is 2. The van der Waals surface area contributed by atoms with E-state index in [4.69, 9.17) is 26.4 Å². The van der Waals surface area contributed by atoms with Crippen molar-refractivity contribution in [2.24, 2.45) is 0 Å². The van der Waals surface area contributed by atoms with Crippen LogP contribution in [0, 0.1) is 0 Å². The second-order valence-corrected chi connectivity index (χ2v) is 10.9. The van der Waals surface area contributed by atoms with Gasteiger partial charge >= 0.3 is 5.97 Å². The summed E-state index contributed by atoms with van der Waals surface area (Å²) >= 11 is 10.3. The minimum atomic E-state index is -0.962. The van der Waals surface area contributed by atoms with Crippen LogP contribution in [0.2, 0.25) is 0 Å². The molecule has 0 radical (unpaired) electrons. The highest BCUT2D eigenvalue weighted by molar-refractivity contribution is 9.10. The van der Waals surface area contributed by atoms with Crippen molar-refractivity contribution in [3.8, 4) is 11.5 Å². The van der Waals surface area contributed by atoms with E-state index in [1.54, 1.807) is 31.4 Å². The molecule has 1 heterocycles. The van der Waals surface area contributed by atoms with E-state index in [1.807, 2.05) is 61.5 Å². The van der Waals surface area contributed by atoms with Crippen LogP contribution in [0.25, 0.3) is 6.08 Å². The van der Waals surface area contributed by atoms with E-state index in [0.717, 1.165) is 17.3 Å². The molecule has 0 aromatic heterocycles. The number of rotatable bonds is 10. The normalized spacial score (nSPS) is 15.0. The summed E-state index contributed by atoms with van der Waals surface area (Å²) < 4.78 is 18.0. The van der Waals surface area contributed by atoms with Gasteiger partial charge in [-0.25, -0.2) is 4.79 Å². The van der Waals surface area contributed by atoms with E-state index in [1.165, 1.54) is 4.90 Å². The van der Waals surface area contributed by atoms with Gasteiger partial charge in [0, 0.05) is 0 Å². The van der Waals surface area contributed by atoms with Gasteiger partial charge in [0.1, 0.15) is 10.9 Å². The fourth-order valence-corrected chi connectivity index (χ4v) is 5.74. The highest BCUT2D eigenvalue weighted by Crippen LogP contribution is 2.41. The third kappa shape index (κ3) is 6.46. The molecule has 1 amide bonds. The maximum atomic E-state index is 13.6. The van der Waals surface area contributed by atoms with Gasteiger partial charge in [0.15, 0.2) is 17.5 Å². The molecule has 0 N–H and O–H groups in total. The van der Waals surface area contributed by atoms with Crippen molar-refractivity contribution in [2.45, 2.75) is 26.0 Å². The molecule has 0 bridgehead atoms. The zero-order valence-electron chi connectivity index (χ0n) is 20.9. The first-order valence-electron chi connectivity index (χ1n) is 12.0. The molecule has 1 aliphatic rings. The number of hydrogen-bond acceptors (Lipinski definition) is 7. The number of esters is 1. The molecule has 1 unspecified atom stereocenters. The molecule has 1 atom stereocenters. The number of thioether (sulfide) groups is 1. The summed E-state index contributed by atoms with van der Waals surface area (Å²) in [6.07, 6.45) is 2.40. The van der Waals surface area contributed by atoms with E-state index in [2.05, 4.69) is 15.9 Å². The van der Waals surface area contributed by atoms with Crippen LogP contribution in [0.15, 0.2) is 82.2 Å². The molecule has 1 aliphatic heterocycles. The Balaban J connectivity index is 1.61. The highest BCUT2D eigenvalue weighted by atomic mass is 79.9. The number of carbonyl (C=O) groups is 2. The van der Waals surface area contributed by atoms with Crippen LogP contribution in [-0.2, 0) is 20.9 Å². The summed E-state index contributed by atoms with van der Waals surface area (Å²) in [6, 6.07) is 21.6. The summed E-state index contributed by atoms with van der Waals surface area (Å²) in [5, 5.41) is 0. The van der Waals surface area contributed by atoms with E-state index < -0.39 is 12.0 Å². The summed E-state index contributed by atoms with van der Waals surface area (Å²) in [5.74, 6) is 0.202. The summed E-state index contributed by atoms with van der Waals surface area (Å²) in [7, 11) is 1.56. The van der Waals surface area contributed by atoms with Crippen molar-refractivity contribution in [3.63, 3.8) is 0 Å². The maximum Gasteiger partial charge on any atom is 0.333 e. The van der Waals surface area contributed by atoms with Crippen molar-refractivity contribution in [1.29, 1.82) is 0 Å². The fourth-order valence-electron chi connectivity index (χ4n) is 3.85. The Morgan fingerprint density at radius 2 is 1.79 bits per heavy atom. The predicted octanol–water partition coefficient (Wildman–Crippen LogP) is 6.93. The first-order valence-corrected chi connectivity index (χ1v) is 14.0. The molecule has 6 nitrogen and oxygen atoms in total. The topological polar surface area (TPSA) is 65.1 Å². The predicted molar refractivity (Wildman–Crippen MR) is 157 cm³/mol. The Bertz CT molecular complexity index is 1350. The van der Waals surface area contributed by atoms with Crippen molar-refractivity contribution >= 4 is 62.2 Å². The van der Waals surface area contributed by atoms with Gasteiger partial charge in [-0.2, -0.15) is 0 Å². The van der Waals surface area contributed by atoms with Gasteiger partial charge < -0.3 is 14.2 Å². The third-order valence-electron chi connectivity index (χ3n) is 5.64. The Morgan fingerprint density at radius 3 is 2.45 bits per heavy atom. The minimum absolute atomic E-state index is 0.263. The molecular weight excluding hydrogens is 586 g/mol. The molecule has 38 heavy (non-hydrogen) atoms. The molecule has 196 valence electrons. The molecule has 0 saturated carbocycles. The zero-order valence-corrected chi connectivity index (χ0v) is 24.1. The number of nitrogens with zero attached hydrogens (tertiary/aromatic N) is 1. The van der Waals surface area contributed by atoms with E-state index in [9.17, 15) is 9.59 Å². The van der Waals surface area contributed by atoms with Crippen molar-refractivity contribution in [3.05, 3.63) is 98.9 Å². The Morgan fingerprint density at radius 1 is 1.11 bits per heavy atom.